The van der Waals surface area contributed by atoms with Gasteiger partial charge in [-0.25, -0.2) is 8.42 Å². The van der Waals surface area contributed by atoms with Crippen LogP contribution in [0.15, 0.2) is 34.1 Å². The van der Waals surface area contributed by atoms with Gasteiger partial charge >= 0.3 is 0 Å². The molecule has 1 N–H and O–H groups in total. The molecule has 0 amide bonds. The number of rotatable bonds is 9. The molecule has 1 unspecified atom stereocenters. The summed E-state index contributed by atoms with van der Waals surface area (Å²) >= 11 is 1.79. The summed E-state index contributed by atoms with van der Waals surface area (Å²) in [7, 11) is -3.08. The van der Waals surface area contributed by atoms with E-state index in [0.29, 0.717) is 10.9 Å². The topological polar surface area (TPSA) is 46.2 Å². The van der Waals surface area contributed by atoms with Gasteiger partial charge in [-0.3, -0.25) is 0 Å². The summed E-state index contributed by atoms with van der Waals surface area (Å²) in [5.74, 6) is 1.07. The predicted octanol–water partition coefficient (Wildman–Crippen LogP) is 3.35. The molecular formula is C15H25NO2S2. The highest BCUT2D eigenvalue weighted by Crippen LogP contribution is 2.21. The molecule has 0 saturated heterocycles. The molecule has 20 heavy (non-hydrogen) atoms. The van der Waals surface area contributed by atoms with Gasteiger partial charge in [-0.05, 0) is 55.8 Å². The van der Waals surface area contributed by atoms with Crippen LogP contribution in [0, 0.1) is 0 Å². The van der Waals surface area contributed by atoms with E-state index in [-0.39, 0.29) is 0 Å². The van der Waals surface area contributed by atoms with Gasteiger partial charge in [0.15, 0.2) is 9.84 Å². The molecule has 0 spiro atoms. The first kappa shape index (κ1) is 17.5. The Bertz CT molecular complexity index is 483. The molecule has 0 radical (unpaired) electrons. The Labute approximate surface area is 127 Å². The zero-order chi connectivity index (χ0) is 15.0. The van der Waals surface area contributed by atoms with E-state index in [2.05, 4.69) is 19.2 Å². The average molecular weight is 316 g/mol. The van der Waals surface area contributed by atoms with Crippen molar-refractivity contribution in [1.29, 1.82) is 0 Å². The largest absolute Gasteiger partial charge is 0.314 e. The normalized spacial score (nSPS) is 13.3. The zero-order valence-corrected chi connectivity index (χ0v) is 14.2. The minimum Gasteiger partial charge on any atom is -0.314 e. The van der Waals surface area contributed by atoms with Crippen LogP contribution in [0.5, 0.6) is 0 Å². The summed E-state index contributed by atoms with van der Waals surface area (Å²) in [4.78, 5) is 1.52. The van der Waals surface area contributed by atoms with Gasteiger partial charge in [0.05, 0.1) is 4.90 Å². The SMILES string of the molecule is CCNC(CC)CCCSc1ccc(S(C)(=O)=O)cc1. The predicted molar refractivity (Wildman–Crippen MR) is 87.3 cm³/mol. The minimum absolute atomic E-state index is 0.389. The third-order valence-corrected chi connectivity index (χ3v) is 5.43. The second-order valence-corrected chi connectivity index (χ2v) is 8.08. The molecule has 3 nitrogen and oxygen atoms in total. The van der Waals surface area contributed by atoms with Gasteiger partial charge in [-0.2, -0.15) is 0 Å². The van der Waals surface area contributed by atoms with Crippen LogP contribution >= 0.6 is 11.8 Å². The van der Waals surface area contributed by atoms with Crippen LogP contribution in [0.1, 0.15) is 33.1 Å². The molecule has 0 fully saturated rings. The summed E-state index contributed by atoms with van der Waals surface area (Å²) in [5.41, 5.74) is 0. The van der Waals surface area contributed by atoms with Gasteiger partial charge in [-0.1, -0.05) is 13.8 Å². The van der Waals surface area contributed by atoms with Gasteiger partial charge in [0.2, 0.25) is 0 Å². The standard InChI is InChI=1S/C15H25NO2S2/c1-4-13(16-5-2)7-6-12-19-14-8-10-15(11-9-14)20(3,17)18/h8-11,13,16H,4-7,12H2,1-3H3. The average Bonchev–Trinajstić information content (AvgIpc) is 2.42. The van der Waals surface area contributed by atoms with E-state index >= 15 is 0 Å². The molecule has 1 aromatic carbocycles. The Morgan fingerprint density at radius 3 is 2.35 bits per heavy atom. The highest BCUT2D eigenvalue weighted by Gasteiger charge is 2.07. The fourth-order valence-electron chi connectivity index (χ4n) is 2.04. The van der Waals surface area contributed by atoms with E-state index in [1.165, 1.54) is 25.5 Å². The Morgan fingerprint density at radius 2 is 1.85 bits per heavy atom. The lowest BCUT2D eigenvalue weighted by atomic mass is 10.1. The zero-order valence-electron chi connectivity index (χ0n) is 12.6. The van der Waals surface area contributed by atoms with Gasteiger partial charge < -0.3 is 5.32 Å². The Hall–Kier alpha value is -0.520. The fourth-order valence-corrected chi connectivity index (χ4v) is 3.55. The lowest BCUT2D eigenvalue weighted by Gasteiger charge is -2.15. The van der Waals surface area contributed by atoms with Crippen LogP contribution in [0.2, 0.25) is 0 Å². The van der Waals surface area contributed by atoms with Crippen molar-refractivity contribution in [3.05, 3.63) is 24.3 Å². The molecule has 0 saturated carbocycles. The number of sulfone groups is 1. The Morgan fingerprint density at radius 1 is 1.20 bits per heavy atom. The molecule has 0 heterocycles. The smallest absolute Gasteiger partial charge is 0.175 e. The second-order valence-electron chi connectivity index (χ2n) is 4.90. The highest BCUT2D eigenvalue weighted by atomic mass is 32.2. The number of hydrogen-bond acceptors (Lipinski definition) is 4. The Balaban J connectivity index is 2.36. The van der Waals surface area contributed by atoms with Crippen molar-refractivity contribution < 1.29 is 8.42 Å². The molecule has 0 bridgehead atoms. The second kappa shape index (κ2) is 8.70. The van der Waals surface area contributed by atoms with Crippen LogP contribution in [0.4, 0.5) is 0 Å². The van der Waals surface area contributed by atoms with E-state index in [9.17, 15) is 8.42 Å². The van der Waals surface area contributed by atoms with Gasteiger partial charge in [0, 0.05) is 17.2 Å². The van der Waals surface area contributed by atoms with Crippen molar-refractivity contribution in [1.82, 2.24) is 5.32 Å². The maximum Gasteiger partial charge on any atom is 0.175 e. The summed E-state index contributed by atoms with van der Waals surface area (Å²) < 4.78 is 22.7. The van der Waals surface area contributed by atoms with Crippen molar-refractivity contribution in [3.8, 4) is 0 Å². The van der Waals surface area contributed by atoms with E-state index in [1.54, 1.807) is 23.9 Å². The first-order valence-electron chi connectivity index (χ1n) is 7.13. The third-order valence-electron chi connectivity index (χ3n) is 3.20. The molecule has 1 rings (SSSR count). The van der Waals surface area contributed by atoms with Crippen LogP contribution in [-0.2, 0) is 9.84 Å². The summed E-state index contributed by atoms with van der Waals surface area (Å²) in [6.07, 6.45) is 4.77. The fraction of sp³-hybridized carbons (Fsp3) is 0.600. The first-order chi connectivity index (χ1) is 9.47. The molecule has 1 atom stereocenters. The molecular weight excluding hydrogens is 290 g/mol. The molecule has 1 aromatic rings. The molecule has 114 valence electrons. The van der Waals surface area contributed by atoms with Crippen molar-refractivity contribution >= 4 is 21.6 Å². The lowest BCUT2D eigenvalue weighted by Crippen LogP contribution is -2.28. The van der Waals surface area contributed by atoms with Crippen molar-refractivity contribution in [3.63, 3.8) is 0 Å². The summed E-state index contributed by atoms with van der Waals surface area (Å²) in [6, 6.07) is 7.77. The van der Waals surface area contributed by atoms with E-state index in [4.69, 9.17) is 0 Å². The van der Waals surface area contributed by atoms with Crippen LogP contribution < -0.4 is 5.32 Å². The van der Waals surface area contributed by atoms with Gasteiger partial charge in [0.25, 0.3) is 0 Å². The maximum absolute atomic E-state index is 11.4. The lowest BCUT2D eigenvalue weighted by molar-refractivity contribution is 0.477. The van der Waals surface area contributed by atoms with Gasteiger partial charge in [-0.15, -0.1) is 11.8 Å². The number of benzene rings is 1. The minimum atomic E-state index is -3.08. The van der Waals surface area contributed by atoms with Crippen LogP contribution in [0.3, 0.4) is 0 Å². The highest BCUT2D eigenvalue weighted by molar-refractivity contribution is 7.99. The monoisotopic (exact) mass is 315 g/mol. The Kier molecular flexibility index (Phi) is 7.62. The number of nitrogens with one attached hydrogen (secondary N) is 1. The maximum atomic E-state index is 11.4. The van der Waals surface area contributed by atoms with Crippen LogP contribution in [-0.4, -0.2) is 33.0 Å². The first-order valence-corrected chi connectivity index (χ1v) is 10.0. The number of hydrogen-bond donors (Lipinski definition) is 1. The molecule has 0 aromatic heterocycles. The quantitative estimate of drug-likeness (QED) is 0.561. The van der Waals surface area contributed by atoms with E-state index in [1.807, 2.05) is 12.1 Å². The van der Waals surface area contributed by atoms with Crippen molar-refractivity contribution in [2.24, 2.45) is 0 Å². The van der Waals surface area contributed by atoms with E-state index in [0.717, 1.165) is 17.2 Å². The summed E-state index contributed by atoms with van der Waals surface area (Å²) in [5, 5.41) is 3.48. The molecule has 5 heteroatoms. The van der Waals surface area contributed by atoms with E-state index < -0.39 is 9.84 Å². The third kappa shape index (κ3) is 6.29. The summed E-state index contributed by atoms with van der Waals surface area (Å²) in [6.45, 7) is 5.38. The number of thioether (sulfide) groups is 1. The van der Waals surface area contributed by atoms with Crippen molar-refractivity contribution in [2.45, 2.75) is 48.9 Å². The van der Waals surface area contributed by atoms with Crippen LogP contribution in [0.25, 0.3) is 0 Å². The molecule has 0 aliphatic rings. The molecule has 0 aliphatic heterocycles. The van der Waals surface area contributed by atoms with Gasteiger partial charge in [0.1, 0.15) is 0 Å². The van der Waals surface area contributed by atoms with Crippen molar-refractivity contribution in [2.75, 3.05) is 18.6 Å². The molecule has 0 aliphatic carbocycles.